The van der Waals surface area contributed by atoms with Gasteiger partial charge in [0, 0.05) is 5.02 Å². The number of nitrogens with one attached hydrogen (secondary N) is 1. The van der Waals surface area contributed by atoms with Crippen LogP contribution in [0.3, 0.4) is 0 Å². The first-order valence-electron chi connectivity index (χ1n) is 6.91. The van der Waals surface area contributed by atoms with Gasteiger partial charge in [0.25, 0.3) is 0 Å². The van der Waals surface area contributed by atoms with Gasteiger partial charge in [0.1, 0.15) is 11.8 Å². The normalized spacial score (nSPS) is 12.4. The Morgan fingerprint density at radius 3 is 2.17 bits per heavy atom. The fourth-order valence-electron chi connectivity index (χ4n) is 2.06. The van der Waals surface area contributed by atoms with Gasteiger partial charge in [0.2, 0.25) is 11.8 Å². The summed E-state index contributed by atoms with van der Waals surface area (Å²) < 4.78 is 24.4. The number of primary amides is 1. The van der Waals surface area contributed by atoms with Gasteiger partial charge in [-0.2, -0.15) is 0 Å². The van der Waals surface area contributed by atoms with Crippen molar-refractivity contribution < 1.29 is 18.0 Å². The van der Waals surface area contributed by atoms with E-state index in [-0.39, 0.29) is 4.90 Å². The van der Waals surface area contributed by atoms with Crippen LogP contribution in [0, 0.1) is 0 Å². The summed E-state index contributed by atoms with van der Waals surface area (Å²) in [5, 5.41) is 2.74. The SMILES string of the molecule is NC(=O)C(NC(=O)CS(=O)(=O)c1ccc(Cl)cc1)c1ccccc1. The zero-order chi connectivity index (χ0) is 17.7. The van der Waals surface area contributed by atoms with Gasteiger partial charge >= 0.3 is 0 Å². The van der Waals surface area contributed by atoms with Crippen LogP contribution in [0.15, 0.2) is 59.5 Å². The molecule has 6 nitrogen and oxygen atoms in total. The molecule has 1 atom stereocenters. The van der Waals surface area contributed by atoms with E-state index < -0.39 is 33.4 Å². The average molecular weight is 367 g/mol. The van der Waals surface area contributed by atoms with Crippen LogP contribution in [0.4, 0.5) is 0 Å². The lowest BCUT2D eigenvalue weighted by Gasteiger charge is -2.16. The largest absolute Gasteiger partial charge is 0.368 e. The van der Waals surface area contributed by atoms with E-state index in [0.717, 1.165) is 0 Å². The maximum Gasteiger partial charge on any atom is 0.244 e. The number of hydrogen-bond acceptors (Lipinski definition) is 4. The summed E-state index contributed by atoms with van der Waals surface area (Å²) in [5.41, 5.74) is 5.77. The van der Waals surface area contributed by atoms with Gasteiger partial charge in [-0.25, -0.2) is 8.42 Å². The maximum absolute atomic E-state index is 12.2. The zero-order valence-electron chi connectivity index (χ0n) is 12.5. The summed E-state index contributed by atoms with van der Waals surface area (Å²) in [5.74, 6) is -2.40. The number of carbonyl (C=O) groups is 2. The van der Waals surface area contributed by atoms with Crippen molar-refractivity contribution in [3.8, 4) is 0 Å². The highest BCUT2D eigenvalue weighted by molar-refractivity contribution is 7.92. The van der Waals surface area contributed by atoms with E-state index in [1.165, 1.54) is 24.3 Å². The Labute approximate surface area is 144 Å². The molecule has 24 heavy (non-hydrogen) atoms. The minimum atomic E-state index is -3.85. The molecule has 0 aliphatic heterocycles. The first-order valence-corrected chi connectivity index (χ1v) is 8.94. The van der Waals surface area contributed by atoms with Crippen LogP contribution >= 0.6 is 11.6 Å². The second kappa shape index (κ2) is 7.46. The summed E-state index contributed by atoms with van der Waals surface area (Å²) in [4.78, 5) is 23.6. The molecule has 0 spiro atoms. The van der Waals surface area contributed by atoms with Gasteiger partial charge < -0.3 is 11.1 Å². The molecular formula is C16H15ClN2O4S. The third-order valence-electron chi connectivity index (χ3n) is 3.22. The molecule has 0 saturated heterocycles. The lowest BCUT2D eigenvalue weighted by atomic mass is 10.1. The standard InChI is InChI=1S/C16H15ClN2O4S/c17-12-6-8-13(9-7-12)24(22,23)10-14(20)19-15(16(18)21)11-4-2-1-3-5-11/h1-9,15H,10H2,(H2,18,21)(H,19,20). The third kappa shape index (κ3) is 4.56. The molecule has 2 aromatic rings. The highest BCUT2D eigenvalue weighted by atomic mass is 35.5. The van der Waals surface area contributed by atoms with Crippen molar-refractivity contribution in [2.75, 3.05) is 5.75 Å². The van der Waals surface area contributed by atoms with E-state index in [9.17, 15) is 18.0 Å². The van der Waals surface area contributed by atoms with Crippen molar-refractivity contribution in [3.05, 3.63) is 65.2 Å². The topological polar surface area (TPSA) is 106 Å². The van der Waals surface area contributed by atoms with Crippen molar-refractivity contribution in [1.29, 1.82) is 0 Å². The molecule has 0 fully saturated rings. The fourth-order valence-corrected chi connectivity index (χ4v) is 3.34. The second-order valence-electron chi connectivity index (χ2n) is 5.03. The minimum absolute atomic E-state index is 0.0302. The lowest BCUT2D eigenvalue weighted by molar-refractivity contribution is -0.126. The Morgan fingerprint density at radius 2 is 1.62 bits per heavy atom. The quantitative estimate of drug-likeness (QED) is 0.806. The van der Waals surface area contributed by atoms with E-state index in [1.807, 2.05) is 0 Å². The van der Waals surface area contributed by atoms with Gasteiger partial charge in [-0.3, -0.25) is 9.59 Å². The fraction of sp³-hybridized carbons (Fsp3) is 0.125. The Kier molecular flexibility index (Phi) is 5.58. The molecule has 3 N–H and O–H groups in total. The van der Waals surface area contributed by atoms with Gasteiger partial charge in [0.15, 0.2) is 9.84 Å². The van der Waals surface area contributed by atoms with E-state index in [0.29, 0.717) is 10.6 Å². The predicted octanol–water partition coefficient (Wildman–Crippen LogP) is 1.46. The third-order valence-corrected chi connectivity index (χ3v) is 5.10. The van der Waals surface area contributed by atoms with Crippen molar-refractivity contribution in [3.63, 3.8) is 0 Å². The van der Waals surface area contributed by atoms with Gasteiger partial charge in [-0.05, 0) is 29.8 Å². The molecule has 2 aromatic carbocycles. The number of rotatable bonds is 6. The molecule has 2 amide bonds. The second-order valence-corrected chi connectivity index (χ2v) is 7.45. The van der Waals surface area contributed by atoms with Gasteiger partial charge in [-0.15, -0.1) is 0 Å². The molecule has 0 radical (unpaired) electrons. The number of halogens is 1. The van der Waals surface area contributed by atoms with E-state index in [2.05, 4.69) is 5.32 Å². The number of amides is 2. The molecule has 0 bridgehead atoms. The lowest BCUT2D eigenvalue weighted by Crippen LogP contribution is -2.40. The van der Waals surface area contributed by atoms with Crippen molar-refractivity contribution >= 4 is 33.3 Å². The summed E-state index contributed by atoms with van der Waals surface area (Å²) >= 11 is 5.71. The number of hydrogen-bond donors (Lipinski definition) is 2. The Balaban J connectivity index is 2.13. The molecule has 126 valence electrons. The van der Waals surface area contributed by atoms with Crippen LogP contribution in [-0.2, 0) is 19.4 Å². The number of benzene rings is 2. The summed E-state index contributed by atoms with van der Waals surface area (Å²) in [7, 11) is -3.85. The van der Waals surface area contributed by atoms with Crippen molar-refractivity contribution in [2.45, 2.75) is 10.9 Å². The summed E-state index contributed by atoms with van der Waals surface area (Å²) in [6.45, 7) is 0. The van der Waals surface area contributed by atoms with E-state index in [4.69, 9.17) is 17.3 Å². The molecule has 8 heteroatoms. The first kappa shape index (κ1) is 18.0. The Morgan fingerprint density at radius 1 is 1.04 bits per heavy atom. The number of nitrogens with two attached hydrogens (primary N) is 1. The first-order chi connectivity index (χ1) is 11.3. The molecule has 2 rings (SSSR count). The molecule has 0 heterocycles. The van der Waals surface area contributed by atoms with E-state index >= 15 is 0 Å². The zero-order valence-corrected chi connectivity index (χ0v) is 14.0. The summed E-state index contributed by atoms with van der Waals surface area (Å²) in [6.07, 6.45) is 0. The molecule has 0 aliphatic rings. The van der Waals surface area contributed by atoms with E-state index in [1.54, 1.807) is 30.3 Å². The van der Waals surface area contributed by atoms with Gasteiger partial charge in [-0.1, -0.05) is 41.9 Å². The van der Waals surface area contributed by atoms with Crippen LogP contribution < -0.4 is 11.1 Å². The molecule has 0 aliphatic carbocycles. The highest BCUT2D eigenvalue weighted by Gasteiger charge is 2.24. The van der Waals surface area contributed by atoms with Crippen LogP contribution in [0.25, 0.3) is 0 Å². The van der Waals surface area contributed by atoms with Crippen molar-refractivity contribution in [2.24, 2.45) is 5.73 Å². The molecule has 0 aromatic heterocycles. The van der Waals surface area contributed by atoms with Gasteiger partial charge in [0.05, 0.1) is 4.90 Å². The smallest absolute Gasteiger partial charge is 0.244 e. The van der Waals surface area contributed by atoms with Crippen LogP contribution in [0.2, 0.25) is 5.02 Å². The monoisotopic (exact) mass is 366 g/mol. The number of sulfone groups is 1. The van der Waals surface area contributed by atoms with Crippen LogP contribution in [0.5, 0.6) is 0 Å². The predicted molar refractivity (Wildman–Crippen MR) is 90.0 cm³/mol. The van der Waals surface area contributed by atoms with Crippen LogP contribution in [0.1, 0.15) is 11.6 Å². The summed E-state index contributed by atoms with van der Waals surface area (Å²) in [6, 6.07) is 12.7. The minimum Gasteiger partial charge on any atom is -0.368 e. The molecule has 0 saturated carbocycles. The number of carbonyl (C=O) groups excluding carboxylic acids is 2. The molecule has 1 unspecified atom stereocenters. The Bertz CT molecular complexity index is 836. The average Bonchev–Trinajstić information content (AvgIpc) is 2.53. The highest BCUT2D eigenvalue weighted by Crippen LogP contribution is 2.16. The molecular weight excluding hydrogens is 352 g/mol. The van der Waals surface area contributed by atoms with Crippen LogP contribution in [-0.4, -0.2) is 26.0 Å². The maximum atomic E-state index is 12.2. The Hall–Kier alpha value is -2.38. The van der Waals surface area contributed by atoms with Crippen molar-refractivity contribution in [1.82, 2.24) is 5.32 Å².